The first kappa shape index (κ1) is 14.2. The fraction of sp³-hybridized carbons (Fsp3) is 0.286. The number of hydrogen-bond acceptors (Lipinski definition) is 7. The molecule has 3 aromatic heterocycles. The van der Waals surface area contributed by atoms with Gasteiger partial charge in [-0.1, -0.05) is 0 Å². The molecule has 0 spiro atoms. The van der Waals surface area contributed by atoms with Gasteiger partial charge in [0.05, 0.1) is 5.39 Å². The van der Waals surface area contributed by atoms with Crippen molar-refractivity contribution in [1.29, 1.82) is 0 Å². The van der Waals surface area contributed by atoms with Crippen LogP contribution in [-0.4, -0.2) is 16.0 Å². The van der Waals surface area contributed by atoms with E-state index in [1.165, 1.54) is 10.4 Å². The molecule has 0 saturated heterocycles. The van der Waals surface area contributed by atoms with Crippen molar-refractivity contribution in [3.63, 3.8) is 0 Å². The maximum absolute atomic E-state index is 5.46. The van der Waals surface area contributed by atoms with Crippen molar-refractivity contribution in [3.05, 3.63) is 33.3 Å². The van der Waals surface area contributed by atoms with Crippen molar-refractivity contribution >= 4 is 44.7 Å². The zero-order valence-electron chi connectivity index (χ0n) is 11.9. The molecule has 7 heteroatoms. The highest BCUT2D eigenvalue weighted by atomic mass is 32.1. The third-order valence-electron chi connectivity index (χ3n) is 3.15. The molecule has 0 aromatic carbocycles. The number of rotatable bonds is 5. The number of anilines is 2. The topological polar surface area (TPSA) is 75.9 Å². The van der Waals surface area contributed by atoms with E-state index in [2.05, 4.69) is 57.5 Å². The highest BCUT2D eigenvalue weighted by Crippen LogP contribution is 2.30. The number of aryl methyl sites for hydroxylation is 1. The first-order chi connectivity index (χ1) is 10.2. The SMILES string of the molecule is Cc1cc2c(NC(C)Cc3ccsc3)nc(NN)nc2s1. The fourth-order valence-electron chi connectivity index (χ4n) is 2.26. The van der Waals surface area contributed by atoms with Crippen LogP contribution in [0.1, 0.15) is 17.4 Å². The van der Waals surface area contributed by atoms with E-state index < -0.39 is 0 Å². The van der Waals surface area contributed by atoms with Crippen LogP contribution in [0.2, 0.25) is 0 Å². The Morgan fingerprint density at radius 3 is 2.95 bits per heavy atom. The number of nitrogens with two attached hydrogens (primary N) is 1. The second-order valence-electron chi connectivity index (χ2n) is 5.00. The van der Waals surface area contributed by atoms with Crippen LogP contribution in [0.25, 0.3) is 10.2 Å². The van der Waals surface area contributed by atoms with Crippen LogP contribution in [0.4, 0.5) is 11.8 Å². The highest BCUT2D eigenvalue weighted by Gasteiger charge is 2.12. The lowest BCUT2D eigenvalue weighted by molar-refractivity contribution is 0.788. The molecule has 0 fully saturated rings. The maximum Gasteiger partial charge on any atom is 0.240 e. The van der Waals surface area contributed by atoms with Crippen LogP contribution in [0, 0.1) is 6.92 Å². The molecule has 21 heavy (non-hydrogen) atoms. The monoisotopic (exact) mass is 319 g/mol. The third-order valence-corrected chi connectivity index (χ3v) is 4.83. The Balaban J connectivity index is 1.88. The molecule has 0 amide bonds. The van der Waals surface area contributed by atoms with Gasteiger partial charge in [-0.05, 0) is 48.7 Å². The maximum atomic E-state index is 5.46. The number of nitrogens with zero attached hydrogens (tertiary/aromatic N) is 2. The van der Waals surface area contributed by atoms with Gasteiger partial charge in [-0.3, -0.25) is 5.43 Å². The Hall–Kier alpha value is -1.70. The van der Waals surface area contributed by atoms with Gasteiger partial charge in [0.25, 0.3) is 0 Å². The highest BCUT2D eigenvalue weighted by molar-refractivity contribution is 7.18. The molecule has 0 radical (unpaired) electrons. The Kier molecular flexibility index (Phi) is 4.05. The van der Waals surface area contributed by atoms with Gasteiger partial charge in [0.15, 0.2) is 0 Å². The number of nitrogen functional groups attached to an aromatic ring is 1. The predicted octanol–water partition coefficient (Wildman–Crippen LogP) is 3.39. The smallest absolute Gasteiger partial charge is 0.240 e. The molecule has 110 valence electrons. The first-order valence-corrected chi connectivity index (χ1v) is 8.44. The van der Waals surface area contributed by atoms with Crippen LogP contribution in [0.5, 0.6) is 0 Å². The summed E-state index contributed by atoms with van der Waals surface area (Å²) in [6, 6.07) is 4.54. The standard InChI is InChI=1S/C14H17N5S2/c1-8(5-10-3-4-20-7-10)16-12-11-6-9(2)21-13(11)18-14(17-12)19-15/h3-4,6-8H,5,15H2,1-2H3,(H2,16,17,18,19). The summed E-state index contributed by atoms with van der Waals surface area (Å²) in [6.07, 6.45) is 0.962. The molecule has 5 nitrogen and oxygen atoms in total. The minimum atomic E-state index is 0.281. The van der Waals surface area contributed by atoms with Crippen LogP contribution in [-0.2, 0) is 6.42 Å². The molecule has 4 N–H and O–H groups in total. The Morgan fingerprint density at radius 1 is 1.38 bits per heavy atom. The molecule has 0 bridgehead atoms. The molecule has 0 saturated carbocycles. The van der Waals surface area contributed by atoms with Crippen molar-refractivity contribution in [2.24, 2.45) is 5.84 Å². The zero-order chi connectivity index (χ0) is 14.8. The van der Waals surface area contributed by atoms with E-state index in [1.54, 1.807) is 22.7 Å². The minimum Gasteiger partial charge on any atom is -0.367 e. The van der Waals surface area contributed by atoms with Crippen LogP contribution >= 0.6 is 22.7 Å². The first-order valence-electron chi connectivity index (χ1n) is 6.68. The van der Waals surface area contributed by atoms with E-state index in [-0.39, 0.29) is 6.04 Å². The van der Waals surface area contributed by atoms with Crippen LogP contribution in [0.3, 0.4) is 0 Å². The van der Waals surface area contributed by atoms with E-state index in [9.17, 15) is 0 Å². The molecule has 3 rings (SSSR count). The van der Waals surface area contributed by atoms with Crippen molar-refractivity contribution < 1.29 is 0 Å². The molecule has 3 heterocycles. The Labute approximate surface area is 131 Å². The van der Waals surface area contributed by atoms with E-state index in [4.69, 9.17) is 5.84 Å². The van der Waals surface area contributed by atoms with Crippen molar-refractivity contribution in [3.8, 4) is 0 Å². The summed E-state index contributed by atoms with van der Waals surface area (Å²) < 4.78 is 0. The second kappa shape index (κ2) is 5.97. The summed E-state index contributed by atoms with van der Waals surface area (Å²) in [7, 11) is 0. The van der Waals surface area contributed by atoms with Gasteiger partial charge in [0.1, 0.15) is 10.6 Å². The van der Waals surface area contributed by atoms with Crippen molar-refractivity contribution in [2.75, 3.05) is 10.7 Å². The number of hydrogen-bond donors (Lipinski definition) is 3. The lowest BCUT2D eigenvalue weighted by atomic mass is 10.1. The van der Waals surface area contributed by atoms with Gasteiger partial charge in [-0.15, -0.1) is 11.3 Å². The predicted molar refractivity (Wildman–Crippen MR) is 91.1 cm³/mol. The lowest BCUT2D eigenvalue weighted by Gasteiger charge is -2.15. The van der Waals surface area contributed by atoms with Gasteiger partial charge in [-0.25, -0.2) is 10.8 Å². The number of thiophene rings is 2. The van der Waals surface area contributed by atoms with Gasteiger partial charge in [0, 0.05) is 10.9 Å². The molecular formula is C14H17N5S2. The van der Waals surface area contributed by atoms with Crippen molar-refractivity contribution in [2.45, 2.75) is 26.3 Å². The molecule has 1 unspecified atom stereocenters. The number of aromatic nitrogens is 2. The van der Waals surface area contributed by atoms with Gasteiger partial charge >= 0.3 is 0 Å². The number of fused-ring (bicyclic) bond motifs is 1. The largest absolute Gasteiger partial charge is 0.367 e. The minimum absolute atomic E-state index is 0.281. The van der Waals surface area contributed by atoms with E-state index >= 15 is 0 Å². The van der Waals surface area contributed by atoms with Gasteiger partial charge in [0.2, 0.25) is 5.95 Å². The lowest BCUT2D eigenvalue weighted by Crippen LogP contribution is -2.20. The fourth-order valence-corrected chi connectivity index (χ4v) is 3.82. The Bertz CT molecular complexity index is 735. The summed E-state index contributed by atoms with van der Waals surface area (Å²) in [5, 5.41) is 8.80. The molecular weight excluding hydrogens is 302 g/mol. The quantitative estimate of drug-likeness (QED) is 0.496. The zero-order valence-corrected chi connectivity index (χ0v) is 13.5. The normalized spacial score (nSPS) is 12.5. The molecule has 0 aliphatic carbocycles. The Morgan fingerprint density at radius 2 is 2.24 bits per heavy atom. The van der Waals surface area contributed by atoms with Crippen LogP contribution < -0.4 is 16.6 Å². The van der Waals surface area contributed by atoms with E-state index in [0.717, 1.165) is 22.5 Å². The molecule has 3 aromatic rings. The van der Waals surface area contributed by atoms with Gasteiger partial charge < -0.3 is 5.32 Å². The summed E-state index contributed by atoms with van der Waals surface area (Å²) in [5.41, 5.74) is 3.87. The van der Waals surface area contributed by atoms with Crippen molar-refractivity contribution in [1.82, 2.24) is 9.97 Å². The van der Waals surface area contributed by atoms with E-state index in [1.807, 2.05) is 0 Å². The average molecular weight is 319 g/mol. The third kappa shape index (κ3) is 3.15. The average Bonchev–Trinajstić information content (AvgIpc) is 3.06. The van der Waals surface area contributed by atoms with E-state index in [0.29, 0.717) is 5.95 Å². The molecule has 0 aliphatic heterocycles. The van der Waals surface area contributed by atoms with Gasteiger partial charge in [-0.2, -0.15) is 16.3 Å². The summed E-state index contributed by atoms with van der Waals surface area (Å²) in [4.78, 5) is 11.0. The second-order valence-corrected chi connectivity index (χ2v) is 7.01. The van der Waals surface area contributed by atoms with Crippen LogP contribution in [0.15, 0.2) is 22.9 Å². The summed E-state index contributed by atoms with van der Waals surface area (Å²) in [5.74, 6) is 6.73. The number of hydrazine groups is 1. The summed E-state index contributed by atoms with van der Waals surface area (Å²) in [6.45, 7) is 4.22. The molecule has 1 atom stereocenters. The number of nitrogens with one attached hydrogen (secondary N) is 2. The summed E-state index contributed by atoms with van der Waals surface area (Å²) >= 11 is 3.36. The molecule has 0 aliphatic rings.